The van der Waals surface area contributed by atoms with E-state index in [1.165, 1.54) is 27.4 Å². The lowest BCUT2D eigenvalue weighted by atomic mass is 9.89. The van der Waals surface area contributed by atoms with Gasteiger partial charge in [0, 0.05) is 6.42 Å². The predicted octanol–water partition coefficient (Wildman–Crippen LogP) is 0.984. The second kappa shape index (κ2) is 5.99. The quantitative estimate of drug-likeness (QED) is 0.791. The largest absolute Gasteiger partial charge is 0.493 e. The van der Waals surface area contributed by atoms with Crippen LogP contribution in [0.5, 0.6) is 0 Å². The molecule has 0 bridgehead atoms. The first-order valence-electron chi connectivity index (χ1n) is 6.34. The van der Waals surface area contributed by atoms with Gasteiger partial charge in [-0.25, -0.2) is 15.2 Å². The molecule has 1 unspecified atom stereocenters. The first kappa shape index (κ1) is 16.3. The number of nitrogens with zero attached hydrogens (tertiary/aromatic N) is 1. The highest BCUT2D eigenvalue weighted by Crippen LogP contribution is 2.45. The summed E-state index contributed by atoms with van der Waals surface area (Å²) in [5.41, 5.74) is 1.28. The van der Waals surface area contributed by atoms with Crippen molar-refractivity contribution in [1.29, 1.82) is 0 Å². The SMILES string of the molecule is COC(=O)NN1C(=O)CCC12C=C(OC)C(=O)C(OC)=C2Br. The maximum absolute atomic E-state index is 12.2. The van der Waals surface area contributed by atoms with Crippen LogP contribution in [-0.2, 0) is 23.8 Å². The standard InChI is InChI=1S/C13H15BrN2O6/c1-20-7-6-13(11(14)10(21-2)9(7)18)5-4-8(17)16(13)15-12(19)22-3/h6H,4-5H2,1-3H3,(H,15,19). The number of carbonyl (C=O) groups is 3. The summed E-state index contributed by atoms with van der Waals surface area (Å²) in [5, 5.41) is 1.12. The number of nitrogens with one attached hydrogen (secondary N) is 1. The molecule has 0 radical (unpaired) electrons. The molecule has 2 amide bonds. The summed E-state index contributed by atoms with van der Waals surface area (Å²) >= 11 is 3.32. The molecule has 0 aromatic heterocycles. The zero-order chi connectivity index (χ0) is 16.5. The highest BCUT2D eigenvalue weighted by molar-refractivity contribution is 9.11. The molecular weight excluding hydrogens is 360 g/mol. The van der Waals surface area contributed by atoms with Gasteiger partial charge in [-0.2, -0.15) is 0 Å². The van der Waals surface area contributed by atoms with E-state index in [4.69, 9.17) is 9.47 Å². The molecule has 0 saturated carbocycles. The highest BCUT2D eigenvalue weighted by atomic mass is 79.9. The molecule has 1 heterocycles. The summed E-state index contributed by atoms with van der Waals surface area (Å²) in [7, 11) is 3.88. The number of halogens is 1. The molecule has 1 saturated heterocycles. The molecule has 0 aromatic rings. The lowest BCUT2D eigenvalue weighted by Gasteiger charge is -2.38. The Morgan fingerprint density at radius 2 is 2.00 bits per heavy atom. The zero-order valence-electron chi connectivity index (χ0n) is 12.3. The fraction of sp³-hybridized carbons (Fsp3) is 0.462. The van der Waals surface area contributed by atoms with Crippen LogP contribution in [0.3, 0.4) is 0 Å². The van der Waals surface area contributed by atoms with Gasteiger partial charge < -0.3 is 14.2 Å². The summed E-state index contributed by atoms with van der Waals surface area (Å²) in [6.07, 6.45) is 1.21. The number of hydrogen-bond acceptors (Lipinski definition) is 6. The zero-order valence-corrected chi connectivity index (χ0v) is 13.9. The minimum atomic E-state index is -1.09. The van der Waals surface area contributed by atoms with Crippen LogP contribution < -0.4 is 5.43 Å². The minimum Gasteiger partial charge on any atom is -0.493 e. The number of amides is 2. The third kappa shape index (κ3) is 2.35. The number of hydrazine groups is 1. The van der Waals surface area contributed by atoms with Gasteiger partial charge in [-0.1, -0.05) is 0 Å². The van der Waals surface area contributed by atoms with Crippen molar-refractivity contribution in [3.8, 4) is 0 Å². The van der Waals surface area contributed by atoms with Gasteiger partial charge in [-0.05, 0) is 28.4 Å². The smallest absolute Gasteiger partial charge is 0.425 e. The van der Waals surface area contributed by atoms with Crippen LogP contribution in [0.4, 0.5) is 4.79 Å². The monoisotopic (exact) mass is 374 g/mol. The van der Waals surface area contributed by atoms with E-state index in [0.717, 1.165) is 5.01 Å². The molecule has 9 heteroatoms. The van der Waals surface area contributed by atoms with Crippen LogP contribution in [0.2, 0.25) is 0 Å². The van der Waals surface area contributed by atoms with E-state index in [1.807, 2.05) is 0 Å². The van der Waals surface area contributed by atoms with Gasteiger partial charge in [-0.3, -0.25) is 9.59 Å². The summed E-state index contributed by atoms with van der Waals surface area (Å²) < 4.78 is 15.1. The van der Waals surface area contributed by atoms with Gasteiger partial charge in [0.05, 0.1) is 25.8 Å². The number of Topliss-reactive ketones (excluding diaryl/α,β-unsaturated/α-hetero) is 1. The van der Waals surface area contributed by atoms with Crippen LogP contribution in [0.15, 0.2) is 22.1 Å². The molecule has 120 valence electrons. The normalized spacial score (nSPS) is 24.5. The molecule has 1 aliphatic carbocycles. The van der Waals surface area contributed by atoms with Crippen LogP contribution in [0.1, 0.15) is 12.8 Å². The second-order valence-corrected chi connectivity index (χ2v) is 5.44. The lowest BCUT2D eigenvalue weighted by molar-refractivity contribution is -0.133. The molecule has 1 aliphatic heterocycles. The summed E-state index contributed by atoms with van der Waals surface area (Å²) in [5.74, 6) is -0.712. The van der Waals surface area contributed by atoms with Crippen LogP contribution in [0.25, 0.3) is 0 Å². The second-order valence-electron chi connectivity index (χ2n) is 4.65. The third-order valence-electron chi connectivity index (χ3n) is 3.56. The topological polar surface area (TPSA) is 94.2 Å². The van der Waals surface area contributed by atoms with Crippen molar-refractivity contribution in [2.24, 2.45) is 0 Å². The van der Waals surface area contributed by atoms with Crippen molar-refractivity contribution in [3.05, 3.63) is 22.1 Å². The number of methoxy groups -OCH3 is 3. The highest BCUT2D eigenvalue weighted by Gasteiger charge is 2.52. The Kier molecular flexibility index (Phi) is 4.45. The molecule has 2 aliphatic rings. The molecule has 1 spiro atoms. The van der Waals surface area contributed by atoms with Crippen LogP contribution in [-0.4, -0.2) is 49.7 Å². The van der Waals surface area contributed by atoms with Gasteiger partial charge in [-0.15, -0.1) is 0 Å². The molecule has 1 fully saturated rings. The maximum atomic E-state index is 12.2. The van der Waals surface area contributed by atoms with Gasteiger partial charge in [0.25, 0.3) is 5.78 Å². The molecule has 1 atom stereocenters. The minimum absolute atomic E-state index is 0.0192. The number of hydrogen-bond donors (Lipinski definition) is 1. The van der Waals surface area contributed by atoms with Crippen molar-refractivity contribution >= 4 is 33.7 Å². The first-order chi connectivity index (χ1) is 10.4. The van der Waals surface area contributed by atoms with Gasteiger partial charge >= 0.3 is 6.09 Å². The van der Waals surface area contributed by atoms with E-state index in [1.54, 1.807) is 0 Å². The summed E-state index contributed by atoms with van der Waals surface area (Å²) in [6.45, 7) is 0. The van der Waals surface area contributed by atoms with Crippen molar-refractivity contribution < 1.29 is 28.6 Å². The fourth-order valence-corrected chi connectivity index (χ4v) is 3.31. The molecular formula is C13H15BrN2O6. The van der Waals surface area contributed by atoms with Crippen LogP contribution >= 0.6 is 15.9 Å². The first-order valence-corrected chi connectivity index (χ1v) is 7.14. The molecule has 22 heavy (non-hydrogen) atoms. The maximum Gasteiger partial charge on any atom is 0.425 e. The Hall–Kier alpha value is -2.03. The van der Waals surface area contributed by atoms with E-state index in [9.17, 15) is 14.4 Å². The van der Waals surface area contributed by atoms with E-state index < -0.39 is 17.4 Å². The van der Waals surface area contributed by atoms with Crippen molar-refractivity contribution in [2.45, 2.75) is 18.4 Å². The van der Waals surface area contributed by atoms with E-state index in [2.05, 4.69) is 26.1 Å². The lowest BCUT2D eigenvalue weighted by Crippen LogP contribution is -2.56. The summed E-state index contributed by atoms with van der Waals surface area (Å²) in [4.78, 5) is 35.8. The number of rotatable bonds is 3. The average molecular weight is 375 g/mol. The Labute approximate surface area is 135 Å². The molecule has 0 aromatic carbocycles. The van der Waals surface area contributed by atoms with Gasteiger partial charge in [0.15, 0.2) is 11.5 Å². The Balaban J connectivity index is 2.55. The van der Waals surface area contributed by atoms with Gasteiger partial charge in [0.2, 0.25) is 5.91 Å². The van der Waals surface area contributed by atoms with Crippen molar-refractivity contribution in [3.63, 3.8) is 0 Å². The molecule has 2 rings (SSSR count). The van der Waals surface area contributed by atoms with E-state index in [-0.39, 0.29) is 23.8 Å². The van der Waals surface area contributed by atoms with Crippen molar-refractivity contribution in [1.82, 2.24) is 10.4 Å². The third-order valence-corrected chi connectivity index (χ3v) is 4.61. The molecule has 8 nitrogen and oxygen atoms in total. The van der Waals surface area contributed by atoms with E-state index in [0.29, 0.717) is 10.9 Å². The molecule has 1 N–H and O–H groups in total. The Morgan fingerprint density at radius 3 is 2.55 bits per heavy atom. The fourth-order valence-electron chi connectivity index (χ4n) is 2.48. The number of carbonyl (C=O) groups excluding carboxylic acids is 3. The van der Waals surface area contributed by atoms with Gasteiger partial charge in [0.1, 0.15) is 5.54 Å². The predicted molar refractivity (Wildman–Crippen MR) is 77.4 cm³/mol. The summed E-state index contributed by atoms with van der Waals surface area (Å²) in [6, 6.07) is 0. The Morgan fingerprint density at radius 1 is 1.32 bits per heavy atom. The average Bonchev–Trinajstić information content (AvgIpc) is 2.81. The van der Waals surface area contributed by atoms with Crippen LogP contribution in [0, 0.1) is 0 Å². The number of ether oxygens (including phenoxy) is 3. The Bertz CT molecular complexity index is 599. The van der Waals surface area contributed by atoms with Crippen molar-refractivity contribution in [2.75, 3.05) is 21.3 Å². The van der Waals surface area contributed by atoms with E-state index >= 15 is 0 Å². The number of ketones is 1.